The molecule has 0 saturated carbocycles. The molecule has 3 heteroatoms. The van der Waals surface area contributed by atoms with Crippen molar-refractivity contribution in [3.05, 3.63) is 29.3 Å². The van der Waals surface area contributed by atoms with Crippen LogP contribution in [-0.4, -0.2) is 17.6 Å². The Morgan fingerprint density at radius 1 is 1.22 bits per heavy atom. The molecule has 0 fully saturated rings. The van der Waals surface area contributed by atoms with Gasteiger partial charge in [0.15, 0.2) is 6.10 Å². The minimum Gasteiger partial charge on any atom is -0.481 e. The molecule has 1 atom stereocenters. The number of benzene rings is 1. The summed E-state index contributed by atoms with van der Waals surface area (Å²) in [5.74, 6) is 0.635. The first-order valence-electron chi connectivity index (χ1n) is 6.25. The summed E-state index contributed by atoms with van der Waals surface area (Å²) in [5, 5.41) is 2.90. The Hall–Kier alpha value is -1.51. The average Bonchev–Trinajstić information content (AvgIpc) is 2.21. The highest BCUT2D eigenvalue weighted by atomic mass is 16.5. The molecule has 0 aliphatic heterocycles. The smallest absolute Gasteiger partial charge is 0.261 e. The van der Waals surface area contributed by atoms with E-state index in [0.717, 1.165) is 11.3 Å². The molecular weight excluding hydrogens is 226 g/mol. The van der Waals surface area contributed by atoms with Gasteiger partial charge in [-0.15, -0.1) is 0 Å². The number of carbonyl (C=O) groups excluding carboxylic acids is 1. The van der Waals surface area contributed by atoms with E-state index in [4.69, 9.17) is 4.74 Å². The Balaban J connectivity index is 2.66. The van der Waals surface area contributed by atoms with E-state index in [9.17, 15) is 4.79 Å². The molecule has 100 valence electrons. The summed E-state index contributed by atoms with van der Waals surface area (Å²) in [6.45, 7) is 11.7. The molecule has 3 nitrogen and oxygen atoms in total. The summed E-state index contributed by atoms with van der Waals surface area (Å²) in [6.07, 6.45) is -0.494. The second-order valence-electron chi connectivity index (χ2n) is 5.75. The molecule has 0 spiro atoms. The number of rotatable bonds is 3. The van der Waals surface area contributed by atoms with Crippen LogP contribution in [0.4, 0.5) is 0 Å². The van der Waals surface area contributed by atoms with Crippen LogP contribution < -0.4 is 10.1 Å². The number of carbonyl (C=O) groups is 1. The van der Waals surface area contributed by atoms with E-state index in [-0.39, 0.29) is 11.4 Å². The Labute approximate surface area is 110 Å². The number of amides is 1. The lowest BCUT2D eigenvalue weighted by Gasteiger charge is -2.23. The van der Waals surface area contributed by atoms with Gasteiger partial charge in [-0.1, -0.05) is 6.07 Å². The van der Waals surface area contributed by atoms with E-state index in [2.05, 4.69) is 12.2 Å². The Morgan fingerprint density at radius 3 is 2.33 bits per heavy atom. The van der Waals surface area contributed by atoms with Crippen LogP contribution in [0.5, 0.6) is 5.75 Å². The summed E-state index contributed by atoms with van der Waals surface area (Å²) in [7, 11) is 0. The lowest BCUT2D eigenvalue weighted by Crippen LogP contribution is -2.46. The van der Waals surface area contributed by atoms with Gasteiger partial charge < -0.3 is 10.1 Å². The van der Waals surface area contributed by atoms with Gasteiger partial charge in [-0.2, -0.15) is 0 Å². The molecule has 0 aromatic heterocycles. The number of nitrogens with one attached hydrogen (secondary N) is 1. The second-order valence-corrected chi connectivity index (χ2v) is 5.75. The van der Waals surface area contributed by atoms with Crippen LogP contribution >= 0.6 is 0 Å². The number of ether oxygens (including phenoxy) is 1. The van der Waals surface area contributed by atoms with Crippen molar-refractivity contribution in [3.8, 4) is 5.75 Å². The summed E-state index contributed by atoms with van der Waals surface area (Å²) < 4.78 is 5.65. The van der Waals surface area contributed by atoms with Gasteiger partial charge in [0.1, 0.15) is 5.75 Å². The minimum atomic E-state index is -0.494. The third kappa shape index (κ3) is 4.40. The largest absolute Gasteiger partial charge is 0.481 e. The Morgan fingerprint density at radius 2 is 1.83 bits per heavy atom. The summed E-state index contributed by atoms with van der Waals surface area (Å²) in [4.78, 5) is 11.9. The number of hydrogen-bond donors (Lipinski definition) is 1. The topological polar surface area (TPSA) is 38.3 Å². The molecule has 0 aliphatic rings. The van der Waals surface area contributed by atoms with E-state index >= 15 is 0 Å². The van der Waals surface area contributed by atoms with Crippen LogP contribution in [0.1, 0.15) is 38.8 Å². The van der Waals surface area contributed by atoms with E-state index in [1.165, 1.54) is 5.56 Å². The van der Waals surface area contributed by atoms with E-state index in [1.54, 1.807) is 6.92 Å². The van der Waals surface area contributed by atoms with E-state index in [1.807, 2.05) is 45.9 Å². The normalized spacial score (nSPS) is 13.0. The maximum absolute atomic E-state index is 11.9. The highest BCUT2D eigenvalue weighted by molar-refractivity contribution is 5.81. The van der Waals surface area contributed by atoms with Crippen LogP contribution in [0.25, 0.3) is 0 Å². The fourth-order valence-electron chi connectivity index (χ4n) is 1.52. The lowest BCUT2D eigenvalue weighted by atomic mass is 10.1. The first kappa shape index (κ1) is 14.6. The Kier molecular flexibility index (Phi) is 4.38. The van der Waals surface area contributed by atoms with Crippen LogP contribution in [0, 0.1) is 13.8 Å². The van der Waals surface area contributed by atoms with Gasteiger partial charge in [0.2, 0.25) is 0 Å². The van der Waals surface area contributed by atoms with Crippen LogP contribution in [0.15, 0.2) is 18.2 Å². The zero-order chi connectivity index (χ0) is 13.9. The zero-order valence-corrected chi connectivity index (χ0v) is 12.1. The number of hydrogen-bond acceptors (Lipinski definition) is 2. The summed E-state index contributed by atoms with van der Waals surface area (Å²) >= 11 is 0. The molecule has 1 rings (SSSR count). The first-order chi connectivity index (χ1) is 8.19. The van der Waals surface area contributed by atoms with Gasteiger partial charge >= 0.3 is 0 Å². The third-order valence-electron chi connectivity index (χ3n) is 2.66. The van der Waals surface area contributed by atoms with Crippen molar-refractivity contribution < 1.29 is 9.53 Å². The van der Waals surface area contributed by atoms with Gasteiger partial charge in [-0.05, 0) is 64.8 Å². The molecule has 0 saturated heterocycles. The van der Waals surface area contributed by atoms with Gasteiger partial charge in [0.25, 0.3) is 5.91 Å². The zero-order valence-electron chi connectivity index (χ0n) is 12.1. The van der Waals surface area contributed by atoms with Gasteiger partial charge in [0.05, 0.1) is 0 Å². The monoisotopic (exact) mass is 249 g/mol. The maximum atomic E-state index is 11.9. The maximum Gasteiger partial charge on any atom is 0.261 e. The Bertz CT molecular complexity index is 433. The molecule has 1 N–H and O–H groups in total. The van der Waals surface area contributed by atoms with Crippen molar-refractivity contribution >= 4 is 5.91 Å². The van der Waals surface area contributed by atoms with Crippen LogP contribution in [0.2, 0.25) is 0 Å². The predicted molar refractivity (Wildman–Crippen MR) is 73.9 cm³/mol. The molecule has 0 unspecified atom stereocenters. The fraction of sp³-hybridized carbons (Fsp3) is 0.533. The molecular formula is C15H23NO2. The summed E-state index contributed by atoms with van der Waals surface area (Å²) in [6, 6.07) is 5.85. The lowest BCUT2D eigenvalue weighted by molar-refractivity contribution is -0.128. The van der Waals surface area contributed by atoms with Crippen molar-refractivity contribution in [3.63, 3.8) is 0 Å². The SMILES string of the molecule is Cc1ccc(O[C@@H](C)C(=O)NC(C)(C)C)cc1C. The summed E-state index contributed by atoms with van der Waals surface area (Å²) in [5.41, 5.74) is 2.14. The molecule has 1 aromatic rings. The molecule has 0 aliphatic carbocycles. The molecule has 1 aromatic carbocycles. The predicted octanol–water partition coefficient (Wildman–Crippen LogP) is 2.99. The number of aryl methyl sites for hydroxylation is 2. The first-order valence-corrected chi connectivity index (χ1v) is 6.25. The molecule has 0 heterocycles. The van der Waals surface area contributed by atoms with Gasteiger partial charge in [-0.25, -0.2) is 0 Å². The van der Waals surface area contributed by atoms with E-state index < -0.39 is 6.10 Å². The van der Waals surface area contributed by atoms with Gasteiger partial charge in [0, 0.05) is 5.54 Å². The average molecular weight is 249 g/mol. The van der Waals surface area contributed by atoms with Gasteiger partial charge in [-0.3, -0.25) is 4.79 Å². The quantitative estimate of drug-likeness (QED) is 0.894. The molecule has 0 radical (unpaired) electrons. The van der Waals surface area contributed by atoms with Crippen LogP contribution in [-0.2, 0) is 4.79 Å². The standard InChI is InChI=1S/C15H23NO2/c1-10-7-8-13(9-11(10)2)18-12(3)14(17)16-15(4,5)6/h7-9,12H,1-6H3,(H,16,17)/t12-/m0/s1. The third-order valence-corrected chi connectivity index (χ3v) is 2.66. The van der Waals surface area contributed by atoms with Crippen molar-refractivity contribution in [1.29, 1.82) is 0 Å². The van der Waals surface area contributed by atoms with Crippen molar-refractivity contribution in [2.45, 2.75) is 53.2 Å². The highest BCUT2D eigenvalue weighted by Gasteiger charge is 2.20. The fourth-order valence-corrected chi connectivity index (χ4v) is 1.52. The van der Waals surface area contributed by atoms with E-state index in [0.29, 0.717) is 0 Å². The molecule has 0 bridgehead atoms. The molecule has 1 amide bonds. The van der Waals surface area contributed by atoms with Crippen LogP contribution in [0.3, 0.4) is 0 Å². The second kappa shape index (κ2) is 5.42. The van der Waals surface area contributed by atoms with Crippen molar-refractivity contribution in [1.82, 2.24) is 5.32 Å². The highest BCUT2D eigenvalue weighted by Crippen LogP contribution is 2.17. The minimum absolute atomic E-state index is 0.0965. The molecule has 18 heavy (non-hydrogen) atoms. The van der Waals surface area contributed by atoms with Crippen molar-refractivity contribution in [2.75, 3.05) is 0 Å². The van der Waals surface area contributed by atoms with Crippen molar-refractivity contribution in [2.24, 2.45) is 0 Å².